The molecule has 1 heteroatoms. The summed E-state index contributed by atoms with van der Waals surface area (Å²) in [6, 6.07) is 17.4. The monoisotopic (exact) mass is 223 g/mol. The highest BCUT2D eigenvalue weighted by molar-refractivity contribution is 5.68. The van der Waals surface area contributed by atoms with Crippen LogP contribution in [0.1, 0.15) is 18.4 Å². The van der Waals surface area contributed by atoms with Gasteiger partial charge in [-0.1, -0.05) is 36.4 Å². The third-order valence-electron chi connectivity index (χ3n) is 3.40. The van der Waals surface area contributed by atoms with Gasteiger partial charge in [-0.3, -0.25) is 0 Å². The van der Waals surface area contributed by atoms with E-state index in [1.165, 1.54) is 41.6 Å². The van der Waals surface area contributed by atoms with Gasteiger partial charge in [0.15, 0.2) is 0 Å². The fraction of sp³-hybridized carbons (Fsp3) is 0.250. The summed E-state index contributed by atoms with van der Waals surface area (Å²) in [4.78, 5) is 0. The smallest absolute Gasteiger partial charge is 0.0373 e. The van der Waals surface area contributed by atoms with Crippen LogP contribution in [0, 0.1) is 0 Å². The molecule has 17 heavy (non-hydrogen) atoms. The highest BCUT2D eigenvalue weighted by Crippen LogP contribution is 2.27. The molecule has 0 radical (unpaired) electrons. The Morgan fingerprint density at radius 3 is 2.59 bits per heavy atom. The summed E-state index contributed by atoms with van der Waals surface area (Å²) in [6.45, 7) is 1.11. The molecule has 86 valence electrons. The molecule has 1 aliphatic heterocycles. The highest BCUT2D eigenvalue weighted by atomic mass is 14.9. The number of hydrogen-bond donors (Lipinski definition) is 1. The molecular formula is C16H17N. The summed E-state index contributed by atoms with van der Waals surface area (Å²) in [5.41, 5.74) is 5.42. The fourth-order valence-electron chi connectivity index (χ4n) is 2.45. The van der Waals surface area contributed by atoms with Gasteiger partial charge in [-0.2, -0.15) is 0 Å². The van der Waals surface area contributed by atoms with E-state index in [2.05, 4.69) is 53.8 Å². The van der Waals surface area contributed by atoms with Gasteiger partial charge in [-0.25, -0.2) is 0 Å². The molecule has 0 saturated heterocycles. The van der Waals surface area contributed by atoms with E-state index in [9.17, 15) is 0 Å². The first-order valence-corrected chi connectivity index (χ1v) is 6.36. The van der Waals surface area contributed by atoms with Crippen LogP contribution in [0.4, 0.5) is 5.69 Å². The summed E-state index contributed by atoms with van der Waals surface area (Å²) in [7, 11) is 0. The first kappa shape index (κ1) is 10.4. The third kappa shape index (κ3) is 2.19. The van der Waals surface area contributed by atoms with E-state index in [-0.39, 0.29) is 0 Å². The number of fused-ring (bicyclic) bond motifs is 1. The number of nitrogens with one attached hydrogen (secondary N) is 1. The van der Waals surface area contributed by atoms with Crippen molar-refractivity contribution in [3.8, 4) is 11.1 Å². The SMILES string of the molecule is c1ccc(-c2ccc3c(c2)CCCCN3)cc1. The second kappa shape index (κ2) is 4.62. The van der Waals surface area contributed by atoms with Crippen molar-refractivity contribution in [1.29, 1.82) is 0 Å². The first-order chi connectivity index (χ1) is 8.43. The minimum Gasteiger partial charge on any atom is -0.385 e. The van der Waals surface area contributed by atoms with Crippen molar-refractivity contribution in [3.05, 3.63) is 54.1 Å². The minimum atomic E-state index is 1.11. The van der Waals surface area contributed by atoms with Crippen LogP contribution in [-0.4, -0.2) is 6.54 Å². The fourth-order valence-corrected chi connectivity index (χ4v) is 2.45. The van der Waals surface area contributed by atoms with Crippen LogP contribution in [0.3, 0.4) is 0 Å². The van der Waals surface area contributed by atoms with Crippen LogP contribution in [0.15, 0.2) is 48.5 Å². The van der Waals surface area contributed by atoms with E-state index in [1.807, 2.05) is 0 Å². The van der Waals surface area contributed by atoms with Crippen LogP contribution in [-0.2, 0) is 6.42 Å². The quantitative estimate of drug-likeness (QED) is 0.767. The van der Waals surface area contributed by atoms with Gasteiger partial charge in [0, 0.05) is 12.2 Å². The van der Waals surface area contributed by atoms with Crippen LogP contribution in [0.25, 0.3) is 11.1 Å². The predicted molar refractivity (Wildman–Crippen MR) is 73.3 cm³/mol. The van der Waals surface area contributed by atoms with Gasteiger partial charge in [0.1, 0.15) is 0 Å². The van der Waals surface area contributed by atoms with E-state index in [1.54, 1.807) is 0 Å². The maximum atomic E-state index is 3.50. The van der Waals surface area contributed by atoms with Crippen molar-refractivity contribution in [1.82, 2.24) is 0 Å². The molecular weight excluding hydrogens is 206 g/mol. The maximum Gasteiger partial charge on any atom is 0.0373 e. The molecule has 1 nitrogen and oxygen atoms in total. The molecule has 0 spiro atoms. The van der Waals surface area contributed by atoms with E-state index in [0.717, 1.165) is 6.54 Å². The van der Waals surface area contributed by atoms with E-state index in [0.29, 0.717) is 0 Å². The molecule has 1 heterocycles. The normalized spacial score (nSPS) is 14.6. The summed E-state index contributed by atoms with van der Waals surface area (Å²) < 4.78 is 0. The second-order valence-corrected chi connectivity index (χ2v) is 4.62. The molecule has 2 aromatic rings. The number of rotatable bonds is 1. The summed E-state index contributed by atoms with van der Waals surface area (Å²) in [6.07, 6.45) is 3.76. The number of benzene rings is 2. The lowest BCUT2D eigenvalue weighted by molar-refractivity contribution is 0.786. The molecule has 3 rings (SSSR count). The van der Waals surface area contributed by atoms with Gasteiger partial charge in [0.25, 0.3) is 0 Å². The van der Waals surface area contributed by atoms with E-state index >= 15 is 0 Å². The van der Waals surface area contributed by atoms with Crippen molar-refractivity contribution < 1.29 is 0 Å². The standard InChI is InChI=1S/C16H17N/c1-2-6-13(7-3-1)14-9-10-16-15(12-14)8-4-5-11-17-16/h1-3,6-7,9-10,12,17H,4-5,8,11H2. The molecule has 1 N–H and O–H groups in total. The molecule has 0 bridgehead atoms. The van der Waals surface area contributed by atoms with Crippen molar-refractivity contribution in [2.24, 2.45) is 0 Å². The molecule has 1 aliphatic rings. The first-order valence-electron chi connectivity index (χ1n) is 6.36. The lowest BCUT2D eigenvalue weighted by Crippen LogP contribution is -1.99. The molecule has 0 aliphatic carbocycles. The largest absolute Gasteiger partial charge is 0.385 e. The number of aryl methyl sites for hydroxylation is 1. The van der Waals surface area contributed by atoms with Crippen molar-refractivity contribution in [2.75, 3.05) is 11.9 Å². The zero-order valence-electron chi connectivity index (χ0n) is 9.95. The maximum absolute atomic E-state index is 3.50. The lowest BCUT2D eigenvalue weighted by Gasteiger charge is -2.10. The van der Waals surface area contributed by atoms with Gasteiger partial charge >= 0.3 is 0 Å². The van der Waals surface area contributed by atoms with Crippen LogP contribution in [0.5, 0.6) is 0 Å². The Hall–Kier alpha value is -1.76. The molecule has 0 unspecified atom stereocenters. The molecule has 2 aromatic carbocycles. The van der Waals surface area contributed by atoms with Crippen molar-refractivity contribution in [3.63, 3.8) is 0 Å². The Morgan fingerprint density at radius 2 is 1.71 bits per heavy atom. The Morgan fingerprint density at radius 1 is 0.824 bits per heavy atom. The van der Waals surface area contributed by atoms with Crippen LogP contribution >= 0.6 is 0 Å². The Balaban J connectivity index is 2.00. The van der Waals surface area contributed by atoms with E-state index in [4.69, 9.17) is 0 Å². The molecule has 0 atom stereocenters. The van der Waals surface area contributed by atoms with Gasteiger partial charge in [-0.15, -0.1) is 0 Å². The van der Waals surface area contributed by atoms with Gasteiger partial charge in [-0.05, 0) is 48.1 Å². The molecule has 0 amide bonds. The number of anilines is 1. The second-order valence-electron chi connectivity index (χ2n) is 4.62. The average Bonchev–Trinajstić information content (AvgIpc) is 2.64. The number of hydrogen-bond acceptors (Lipinski definition) is 1. The van der Waals surface area contributed by atoms with Gasteiger partial charge < -0.3 is 5.32 Å². The minimum absolute atomic E-state index is 1.11. The lowest BCUT2D eigenvalue weighted by atomic mass is 10.00. The Kier molecular flexibility index (Phi) is 2.83. The van der Waals surface area contributed by atoms with Crippen LogP contribution < -0.4 is 5.32 Å². The third-order valence-corrected chi connectivity index (χ3v) is 3.40. The van der Waals surface area contributed by atoms with Gasteiger partial charge in [0.05, 0.1) is 0 Å². The van der Waals surface area contributed by atoms with E-state index < -0.39 is 0 Å². The van der Waals surface area contributed by atoms with Crippen LogP contribution in [0.2, 0.25) is 0 Å². The molecule has 0 saturated carbocycles. The molecule has 0 aromatic heterocycles. The summed E-state index contributed by atoms with van der Waals surface area (Å²) in [5, 5.41) is 3.50. The molecule has 0 fully saturated rings. The summed E-state index contributed by atoms with van der Waals surface area (Å²) in [5.74, 6) is 0. The Bertz CT molecular complexity index is 502. The average molecular weight is 223 g/mol. The van der Waals surface area contributed by atoms with Crippen molar-refractivity contribution in [2.45, 2.75) is 19.3 Å². The zero-order valence-corrected chi connectivity index (χ0v) is 9.95. The topological polar surface area (TPSA) is 12.0 Å². The summed E-state index contributed by atoms with van der Waals surface area (Å²) >= 11 is 0. The van der Waals surface area contributed by atoms with Gasteiger partial charge in [0.2, 0.25) is 0 Å². The highest BCUT2D eigenvalue weighted by Gasteiger charge is 2.08. The predicted octanol–water partition coefficient (Wildman–Crippen LogP) is 4.10. The van der Waals surface area contributed by atoms with Crippen molar-refractivity contribution >= 4 is 5.69 Å². The Labute approximate surface area is 102 Å². The zero-order chi connectivity index (χ0) is 11.5.